The smallest absolute Gasteiger partial charge is 0.128 e. The van der Waals surface area contributed by atoms with E-state index in [-0.39, 0.29) is 0 Å². The maximum absolute atomic E-state index is 6.21. The van der Waals surface area contributed by atoms with E-state index >= 15 is 0 Å². The molecule has 0 bridgehead atoms. The predicted octanol–water partition coefficient (Wildman–Crippen LogP) is 6.11. The standard InChI is InChI=1S/C26H18N4O/c1-3-13-29-17-27-25(23(29)11-1)19-7-5-9-21(15-19)31-22-10-6-8-20(16-22)26-24-12-2-4-14-30(24)18-28-26/h1-18H. The van der Waals surface area contributed by atoms with E-state index in [1.54, 1.807) is 0 Å². The Morgan fingerprint density at radius 1 is 0.548 bits per heavy atom. The van der Waals surface area contributed by atoms with Gasteiger partial charge in [0.15, 0.2) is 0 Å². The topological polar surface area (TPSA) is 43.8 Å². The lowest BCUT2D eigenvalue weighted by Gasteiger charge is -2.09. The second kappa shape index (κ2) is 7.15. The van der Waals surface area contributed by atoms with Crippen LogP contribution in [0.3, 0.4) is 0 Å². The van der Waals surface area contributed by atoms with Crippen molar-refractivity contribution in [2.75, 3.05) is 0 Å². The number of hydrogen-bond acceptors (Lipinski definition) is 3. The Labute approximate surface area is 178 Å². The molecule has 0 N–H and O–H groups in total. The third-order valence-corrected chi connectivity index (χ3v) is 5.34. The maximum atomic E-state index is 6.21. The van der Waals surface area contributed by atoms with Crippen molar-refractivity contribution in [2.45, 2.75) is 0 Å². The van der Waals surface area contributed by atoms with Gasteiger partial charge >= 0.3 is 0 Å². The van der Waals surface area contributed by atoms with Gasteiger partial charge in [-0.15, -0.1) is 0 Å². The summed E-state index contributed by atoms with van der Waals surface area (Å²) in [6, 6.07) is 28.2. The van der Waals surface area contributed by atoms with Crippen molar-refractivity contribution in [3.8, 4) is 34.0 Å². The number of pyridine rings is 2. The highest BCUT2D eigenvalue weighted by atomic mass is 16.5. The predicted molar refractivity (Wildman–Crippen MR) is 121 cm³/mol. The fourth-order valence-corrected chi connectivity index (χ4v) is 3.88. The van der Waals surface area contributed by atoms with Crippen LogP contribution in [0.15, 0.2) is 110 Å². The quantitative estimate of drug-likeness (QED) is 0.357. The van der Waals surface area contributed by atoms with E-state index in [4.69, 9.17) is 4.74 Å². The number of benzene rings is 2. The van der Waals surface area contributed by atoms with Gasteiger partial charge in [0.2, 0.25) is 0 Å². The molecule has 4 heterocycles. The molecule has 0 aliphatic heterocycles. The average molecular weight is 402 g/mol. The van der Waals surface area contributed by atoms with Gasteiger partial charge in [0.05, 0.1) is 35.1 Å². The summed E-state index contributed by atoms with van der Waals surface area (Å²) in [4.78, 5) is 9.17. The number of rotatable bonds is 4. The molecule has 0 amide bonds. The number of nitrogens with zero attached hydrogens (tertiary/aromatic N) is 4. The first-order valence-corrected chi connectivity index (χ1v) is 10.1. The maximum Gasteiger partial charge on any atom is 0.128 e. The highest BCUT2D eigenvalue weighted by Gasteiger charge is 2.10. The van der Waals surface area contributed by atoms with E-state index in [0.29, 0.717) is 0 Å². The van der Waals surface area contributed by atoms with E-state index in [0.717, 1.165) is 45.0 Å². The molecule has 0 aliphatic carbocycles. The molecule has 0 spiro atoms. The van der Waals surface area contributed by atoms with Gasteiger partial charge in [0, 0.05) is 23.5 Å². The van der Waals surface area contributed by atoms with Crippen LogP contribution in [0.2, 0.25) is 0 Å². The van der Waals surface area contributed by atoms with Crippen molar-refractivity contribution in [3.05, 3.63) is 110 Å². The van der Waals surface area contributed by atoms with Crippen LogP contribution in [0.5, 0.6) is 11.5 Å². The zero-order valence-electron chi connectivity index (χ0n) is 16.6. The first kappa shape index (κ1) is 17.5. The summed E-state index contributed by atoms with van der Waals surface area (Å²) < 4.78 is 10.2. The van der Waals surface area contributed by atoms with E-state index in [9.17, 15) is 0 Å². The van der Waals surface area contributed by atoms with Crippen LogP contribution < -0.4 is 4.74 Å². The van der Waals surface area contributed by atoms with Crippen LogP contribution >= 0.6 is 0 Å². The lowest BCUT2D eigenvalue weighted by atomic mass is 10.1. The van der Waals surface area contributed by atoms with Crippen LogP contribution in [0, 0.1) is 0 Å². The van der Waals surface area contributed by atoms with Crippen LogP contribution in [0.1, 0.15) is 0 Å². The van der Waals surface area contributed by atoms with E-state index < -0.39 is 0 Å². The third kappa shape index (κ3) is 3.13. The van der Waals surface area contributed by atoms with Crippen molar-refractivity contribution in [2.24, 2.45) is 0 Å². The van der Waals surface area contributed by atoms with Gasteiger partial charge in [0.1, 0.15) is 11.5 Å². The Kier molecular flexibility index (Phi) is 4.03. The monoisotopic (exact) mass is 402 g/mol. The Bertz CT molecular complexity index is 1410. The molecule has 0 fully saturated rings. The zero-order chi connectivity index (χ0) is 20.6. The Balaban J connectivity index is 1.34. The lowest BCUT2D eigenvalue weighted by Crippen LogP contribution is -1.87. The first-order valence-electron chi connectivity index (χ1n) is 10.1. The molecule has 148 valence electrons. The summed E-state index contributed by atoms with van der Waals surface area (Å²) in [6.07, 6.45) is 7.66. The van der Waals surface area contributed by atoms with Gasteiger partial charge < -0.3 is 13.5 Å². The molecule has 0 unspecified atom stereocenters. The number of hydrogen-bond donors (Lipinski definition) is 0. The molecule has 31 heavy (non-hydrogen) atoms. The van der Waals surface area contributed by atoms with E-state index in [1.165, 1.54) is 0 Å². The van der Waals surface area contributed by atoms with Gasteiger partial charge in [-0.2, -0.15) is 0 Å². The second-order valence-electron chi connectivity index (χ2n) is 7.33. The molecule has 0 saturated heterocycles. The Morgan fingerprint density at radius 2 is 1.06 bits per heavy atom. The average Bonchev–Trinajstić information content (AvgIpc) is 3.44. The highest BCUT2D eigenvalue weighted by Crippen LogP contribution is 2.31. The summed E-state index contributed by atoms with van der Waals surface area (Å²) in [5, 5.41) is 0. The number of ether oxygens (including phenoxy) is 1. The summed E-state index contributed by atoms with van der Waals surface area (Å²) >= 11 is 0. The van der Waals surface area contributed by atoms with Crippen LogP contribution in [-0.2, 0) is 0 Å². The Hall–Kier alpha value is -4.38. The SMILES string of the molecule is c1cc(Oc2cccc(-c3ncn4ccccc34)c2)cc(-c2ncn3ccccc23)c1. The van der Waals surface area contributed by atoms with Gasteiger partial charge in [-0.3, -0.25) is 0 Å². The minimum atomic E-state index is 0.765. The minimum absolute atomic E-state index is 0.765. The van der Waals surface area contributed by atoms with Crippen molar-refractivity contribution >= 4 is 11.0 Å². The van der Waals surface area contributed by atoms with Crippen molar-refractivity contribution in [1.82, 2.24) is 18.8 Å². The van der Waals surface area contributed by atoms with E-state index in [1.807, 2.05) is 94.5 Å². The summed E-state index contributed by atoms with van der Waals surface area (Å²) in [5.41, 5.74) is 6.03. The number of aromatic nitrogens is 4. The van der Waals surface area contributed by atoms with Gasteiger partial charge in [-0.25, -0.2) is 9.97 Å². The van der Waals surface area contributed by atoms with Crippen LogP contribution in [0.4, 0.5) is 0 Å². The van der Waals surface area contributed by atoms with Gasteiger partial charge in [-0.05, 0) is 48.5 Å². The molecule has 0 radical (unpaired) electrons. The summed E-state index contributed by atoms with van der Waals surface area (Å²) in [6.45, 7) is 0. The molecular formula is C26H18N4O. The normalized spacial score (nSPS) is 11.2. The summed E-state index contributed by atoms with van der Waals surface area (Å²) in [7, 11) is 0. The fraction of sp³-hybridized carbons (Fsp3) is 0. The first-order chi connectivity index (χ1) is 15.3. The molecule has 0 saturated carbocycles. The van der Waals surface area contributed by atoms with E-state index in [2.05, 4.69) is 34.2 Å². The molecule has 0 aliphatic rings. The number of imidazole rings is 2. The fourth-order valence-electron chi connectivity index (χ4n) is 3.88. The molecule has 4 aromatic heterocycles. The minimum Gasteiger partial charge on any atom is -0.457 e. The van der Waals surface area contributed by atoms with Gasteiger partial charge in [-0.1, -0.05) is 36.4 Å². The largest absolute Gasteiger partial charge is 0.457 e. The van der Waals surface area contributed by atoms with Crippen LogP contribution in [0.25, 0.3) is 33.5 Å². The molecule has 6 rings (SSSR count). The number of fused-ring (bicyclic) bond motifs is 2. The lowest BCUT2D eigenvalue weighted by molar-refractivity contribution is 0.483. The molecule has 2 aromatic carbocycles. The molecular weight excluding hydrogens is 384 g/mol. The summed E-state index contributed by atoms with van der Waals surface area (Å²) in [5.74, 6) is 1.53. The second-order valence-corrected chi connectivity index (χ2v) is 7.33. The third-order valence-electron chi connectivity index (χ3n) is 5.34. The van der Waals surface area contributed by atoms with Gasteiger partial charge in [0.25, 0.3) is 0 Å². The molecule has 5 nitrogen and oxygen atoms in total. The van der Waals surface area contributed by atoms with Crippen molar-refractivity contribution < 1.29 is 4.74 Å². The van der Waals surface area contributed by atoms with Crippen molar-refractivity contribution in [1.29, 1.82) is 0 Å². The molecule has 6 aromatic rings. The Morgan fingerprint density at radius 3 is 1.58 bits per heavy atom. The van der Waals surface area contributed by atoms with Crippen molar-refractivity contribution in [3.63, 3.8) is 0 Å². The highest BCUT2D eigenvalue weighted by molar-refractivity contribution is 5.79. The zero-order valence-corrected chi connectivity index (χ0v) is 16.6. The molecule has 5 heteroatoms. The molecule has 0 atom stereocenters. The van der Waals surface area contributed by atoms with Crippen LogP contribution in [-0.4, -0.2) is 18.8 Å².